The van der Waals surface area contributed by atoms with Crippen molar-refractivity contribution in [2.45, 2.75) is 19.8 Å². The van der Waals surface area contributed by atoms with Gasteiger partial charge in [-0.05, 0) is 12.5 Å². The summed E-state index contributed by atoms with van der Waals surface area (Å²) < 4.78 is 0. The maximum absolute atomic E-state index is 12.2. The smallest absolute Gasteiger partial charge is 0.270 e. The van der Waals surface area contributed by atoms with Gasteiger partial charge in [0, 0.05) is 25.7 Å². The number of benzene rings is 1. The summed E-state index contributed by atoms with van der Waals surface area (Å²) in [6.07, 6.45) is 1.84. The van der Waals surface area contributed by atoms with E-state index in [4.69, 9.17) is 5.84 Å². The molecule has 1 amide bonds. The van der Waals surface area contributed by atoms with Crippen molar-refractivity contribution >= 4 is 17.3 Å². The minimum atomic E-state index is -0.539. The Labute approximate surface area is 111 Å². The monoisotopic (exact) mass is 266 g/mol. The number of carbonyl (C=O) groups excluding carboxylic acids is 1. The third-order valence-corrected chi connectivity index (χ3v) is 2.79. The van der Waals surface area contributed by atoms with Gasteiger partial charge in [0.2, 0.25) is 0 Å². The molecule has 0 radical (unpaired) electrons. The molecule has 19 heavy (non-hydrogen) atoms. The number of hydrazine groups is 1. The molecule has 1 rings (SSSR count). The number of nitrogen functional groups attached to an aromatic ring is 1. The van der Waals surface area contributed by atoms with Gasteiger partial charge in [-0.25, -0.2) is 0 Å². The molecule has 0 heterocycles. The first-order chi connectivity index (χ1) is 9.01. The van der Waals surface area contributed by atoms with Crippen LogP contribution in [-0.4, -0.2) is 29.3 Å². The van der Waals surface area contributed by atoms with Crippen molar-refractivity contribution in [3.63, 3.8) is 0 Å². The number of nitro benzene ring substituents is 1. The maximum Gasteiger partial charge on any atom is 0.270 e. The van der Waals surface area contributed by atoms with Crippen LogP contribution in [0.1, 0.15) is 30.1 Å². The summed E-state index contributed by atoms with van der Waals surface area (Å²) in [6, 6.07) is 3.97. The van der Waals surface area contributed by atoms with Crippen LogP contribution in [0.25, 0.3) is 0 Å². The lowest BCUT2D eigenvalue weighted by Gasteiger charge is -2.18. The molecule has 0 fully saturated rings. The summed E-state index contributed by atoms with van der Waals surface area (Å²) in [7, 11) is 1.66. The average molecular weight is 266 g/mol. The number of nitrogens with two attached hydrogens (primary N) is 1. The van der Waals surface area contributed by atoms with Crippen molar-refractivity contribution in [1.29, 1.82) is 0 Å². The van der Waals surface area contributed by atoms with Crippen LogP contribution in [-0.2, 0) is 0 Å². The molecule has 0 aliphatic carbocycles. The van der Waals surface area contributed by atoms with Crippen LogP contribution in [0.2, 0.25) is 0 Å². The van der Waals surface area contributed by atoms with E-state index in [2.05, 4.69) is 5.43 Å². The number of amides is 1. The first kappa shape index (κ1) is 14.9. The normalized spacial score (nSPS) is 10.1. The molecule has 0 aromatic heterocycles. The highest BCUT2D eigenvalue weighted by Crippen LogP contribution is 2.22. The van der Waals surface area contributed by atoms with E-state index in [-0.39, 0.29) is 17.2 Å². The first-order valence-corrected chi connectivity index (χ1v) is 6.01. The summed E-state index contributed by atoms with van der Waals surface area (Å²) >= 11 is 0. The molecule has 0 saturated carbocycles. The lowest BCUT2D eigenvalue weighted by Crippen LogP contribution is -2.29. The summed E-state index contributed by atoms with van der Waals surface area (Å²) in [4.78, 5) is 24.0. The Morgan fingerprint density at radius 2 is 2.21 bits per heavy atom. The van der Waals surface area contributed by atoms with E-state index in [0.29, 0.717) is 12.2 Å². The van der Waals surface area contributed by atoms with Gasteiger partial charge in [0.1, 0.15) is 0 Å². The molecule has 3 N–H and O–H groups in total. The highest BCUT2D eigenvalue weighted by atomic mass is 16.6. The van der Waals surface area contributed by atoms with Crippen molar-refractivity contribution in [2.75, 3.05) is 19.0 Å². The zero-order chi connectivity index (χ0) is 14.4. The van der Waals surface area contributed by atoms with Gasteiger partial charge < -0.3 is 10.3 Å². The number of hydrogen-bond acceptors (Lipinski definition) is 5. The Kier molecular flexibility index (Phi) is 5.25. The van der Waals surface area contributed by atoms with Crippen molar-refractivity contribution in [3.8, 4) is 0 Å². The van der Waals surface area contributed by atoms with Crippen LogP contribution in [0.15, 0.2) is 18.2 Å². The topological polar surface area (TPSA) is 102 Å². The number of rotatable bonds is 6. The van der Waals surface area contributed by atoms with E-state index < -0.39 is 4.92 Å². The molecular weight excluding hydrogens is 248 g/mol. The third-order valence-electron chi connectivity index (χ3n) is 2.79. The van der Waals surface area contributed by atoms with Gasteiger partial charge in [-0.15, -0.1) is 0 Å². The van der Waals surface area contributed by atoms with E-state index >= 15 is 0 Å². The average Bonchev–Trinajstić information content (AvgIpc) is 2.42. The van der Waals surface area contributed by atoms with Gasteiger partial charge in [0.25, 0.3) is 11.6 Å². The van der Waals surface area contributed by atoms with Crippen LogP contribution < -0.4 is 11.3 Å². The van der Waals surface area contributed by atoms with Gasteiger partial charge in [0.15, 0.2) is 0 Å². The standard InChI is InChI=1S/C12H18N4O3/c1-3-4-7-15(2)12(17)10-8-9(16(18)19)5-6-11(10)14-13/h5-6,8,14H,3-4,7,13H2,1-2H3. The highest BCUT2D eigenvalue weighted by Gasteiger charge is 2.19. The van der Waals surface area contributed by atoms with Crippen LogP contribution in [0.3, 0.4) is 0 Å². The molecule has 1 aromatic rings. The van der Waals surface area contributed by atoms with Crippen LogP contribution in [0, 0.1) is 10.1 Å². The fourth-order valence-corrected chi connectivity index (χ4v) is 1.65. The van der Waals surface area contributed by atoms with Crippen LogP contribution in [0.5, 0.6) is 0 Å². The molecule has 7 heteroatoms. The molecule has 0 aliphatic rings. The Balaban J connectivity index is 3.05. The summed E-state index contributed by atoms with van der Waals surface area (Å²) in [5, 5.41) is 10.7. The number of anilines is 1. The predicted octanol–water partition coefficient (Wildman–Crippen LogP) is 1.75. The zero-order valence-corrected chi connectivity index (χ0v) is 11.0. The maximum atomic E-state index is 12.2. The lowest BCUT2D eigenvalue weighted by atomic mass is 10.1. The van der Waals surface area contributed by atoms with Gasteiger partial charge in [0.05, 0.1) is 16.2 Å². The summed E-state index contributed by atoms with van der Waals surface area (Å²) in [6.45, 7) is 2.63. The third kappa shape index (κ3) is 3.65. The van der Waals surface area contributed by atoms with Crippen molar-refractivity contribution < 1.29 is 9.72 Å². The number of non-ortho nitro benzene ring substituents is 1. The predicted molar refractivity (Wildman–Crippen MR) is 72.8 cm³/mol. The highest BCUT2D eigenvalue weighted by molar-refractivity contribution is 6.00. The SMILES string of the molecule is CCCCN(C)C(=O)c1cc([N+](=O)[O-])ccc1NN. The lowest BCUT2D eigenvalue weighted by molar-refractivity contribution is -0.384. The van der Waals surface area contributed by atoms with Gasteiger partial charge in [-0.1, -0.05) is 13.3 Å². The van der Waals surface area contributed by atoms with Crippen molar-refractivity contribution in [1.82, 2.24) is 4.90 Å². The second-order valence-electron chi connectivity index (χ2n) is 4.21. The van der Waals surface area contributed by atoms with Gasteiger partial charge in [-0.3, -0.25) is 20.8 Å². The van der Waals surface area contributed by atoms with E-state index in [1.807, 2.05) is 6.92 Å². The fourth-order valence-electron chi connectivity index (χ4n) is 1.65. The molecule has 0 saturated heterocycles. The van der Waals surface area contributed by atoms with E-state index in [1.165, 1.54) is 23.1 Å². The Hall–Kier alpha value is -2.15. The Bertz CT molecular complexity index is 476. The van der Waals surface area contributed by atoms with E-state index in [1.54, 1.807) is 7.05 Å². The molecule has 0 bridgehead atoms. The minimum Gasteiger partial charge on any atom is -0.342 e. The van der Waals surface area contributed by atoms with Crippen molar-refractivity contribution in [2.24, 2.45) is 5.84 Å². The molecule has 0 unspecified atom stereocenters. The number of hydrogen-bond donors (Lipinski definition) is 2. The summed E-state index contributed by atoms with van der Waals surface area (Å²) in [5.74, 6) is 5.04. The van der Waals surface area contributed by atoms with E-state index in [0.717, 1.165) is 12.8 Å². The molecule has 0 spiro atoms. The second-order valence-corrected chi connectivity index (χ2v) is 4.21. The second kappa shape index (κ2) is 6.69. The van der Waals surface area contributed by atoms with Gasteiger partial charge >= 0.3 is 0 Å². The number of nitrogens with one attached hydrogen (secondary N) is 1. The van der Waals surface area contributed by atoms with Crippen LogP contribution >= 0.6 is 0 Å². The van der Waals surface area contributed by atoms with Crippen LogP contribution in [0.4, 0.5) is 11.4 Å². The van der Waals surface area contributed by atoms with E-state index in [9.17, 15) is 14.9 Å². The molecule has 0 atom stereocenters. The molecule has 1 aromatic carbocycles. The largest absolute Gasteiger partial charge is 0.342 e. The summed E-state index contributed by atoms with van der Waals surface area (Å²) in [5.41, 5.74) is 2.83. The van der Waals surface area contributed by atoms with Gasteiger partial charge in [-0.2, -0.15) is 0 Å². The quantitative estimate of drug-likeness (QED) is 0.464. The number of unbranched alkanes of at least 4 members (excludes halogenated alkanes) is 1. The van der Waals surface area contributed by atoms with Crippen molar-refractivity contribution in [3.05, 3.63) is 33.9 Å². The minimum absolute atomic E-state index is 0.133. The zero-order valence-electron chi connectivity index (χ0n) is 11.0. The number of nitrogens with zero attached hydrogens (tertiary/aromatic N) is 2. The molecule has 104 valence electrons. The number of carbonyl (C=O) groups is 1. The number of nitro groups is 1. The first-order valence-electron chi connectivity index (χ1n) is 6.01. The Morgan fingerprint density at radius 1 is 1.53 bits per heavy atom. The fraction of sp³-hybridized carbons (Fsp3) is 0.417. The molecule has 7 nitrogen and oxygen atoms in total. The molecule has 0 aliphatic heterocycles. The Morgan fingerprint density at radius 3 is 2.74 bits per heavy atom. The molecular formula is C12H18N4O3.